The number of hydrogen-bond acceptors (Lipinski definition) is 5. The summed E-state index contributed by atoms with van der Waals surface area (Å²) in [4.78, 5) is 9.60. The third kappa shape index (κ3) is 3.01. The predicted octanol–water partition coefficient (Wildman–Crippen LogP) is 0.979. The quantitative estimate of drug-likeness (QED) is 0.888. The Labute approximate surface area is 125 Å². The maximum atomic E-state index is 5.72. The molecule has 0 spiro atoms. The Morgan fingerprint density at radius 3 is 2.76 bits per heavy atom. The van der Waals surface area contributed by atoms with Gasteiger partial charge < -0.3 is 10.6 Å². The lowest BCUT2D eigenvalue weighted by molar-refractivity contribution is 0.173. The number of nitrogens with two attached hydrogens (primary N) is 1. The second-order valence-electron chi connectivity index (χ2n) is 5.58. The molecule has 1 unspecified atom stereocenters. The van der Waals surface area contributed by atoms with Crippen molar-refractivity contribution in [2.45, 2.75) is 25.8 Å². The Balaban J connectivity index is 1.64. The van der Waals surface area contributed by atoms with E-state index in [1.54, 1.807) is 10.7 Å². The van der Waals surface area contributed by atoms with Crippen LogP contribution in [0.2, 0.25) is 0 Å². The van der Waals surface area contributed by atoms with Crippen molar-refractivity contribution in [2.24, 2.45) is 5.73 Å². The zero-order chi connectivity index (χ0) is 14.7. The molecule has 0 amide bonds. The first-order valence-corrected chi connectivity index (χ1v) is 7.81. The minimum absolute atomic E-state index is 0.627. The molecular formula is C15H24N6. The Kier molecular flexibility index (Phi) is 4.36. The van der Waals surface area contributed by atoms with Crippen LogP contribution in [-0.4, -0.2) is 58.3 Å². The number of piperazine rings is 1. The van der Waals surface area contributed by atoms with Crippen LogP contribution in [0.3, 0.4) is 0 Å². The average molecular weight is 288 g/mol. The summed E-state index contributed by atoms with van der Waals surface area (Å²) in [6.07, 6.45) is 6.03. The second kappa shape index (κ2) is 6.41. The summed E-state index contributed by atoms with van der Waals surface area (Å²) < 4.78 is 1.80. The van der Waals surface area contributed by atoms with Gasteiger partial charge >= 0.3 is 0 Å². The van der Waals surface area contributed by atoms with Gasteiger partial charge in [0.2, 0.25) is 0 Å². The molecule has 0 aliphatic carbocycles. The molecule has 1 aliphatic rings. The summed E-state index contributed by atoms with van der Waals surface area (Å²) in [5.74, 6) is 1.05. The van der Waals surface area contributed by atoms with Crippen molar-refractivity contribution in [3.8, 4) is 0 Å². The first-order chi connectivity index (χ1) is 10.3. The molecule has 114 valence electrons. The van der Waals surface area contributed by atoms with Crippen LogP contribution < -0.4 is 10.6 Å². The number of aromatic nitrogens is 3. The van der Waals surface area contributed by atoms with Crippen LogP contribution in [0.15, 0.2) is 24.5 Å². The van der Waals surface area contributed by atoms with Gasteiger partial charge in [-0.05, 0) is 25.5 Å². The summed E-state index contributed by atoms with van der Waals surface area (Å²) in [5.41, 5.74) is 6.62. The molecular weight excluding hydrogens is 264 g/mol. The highest BCUT2D eigenvalue weighted by atomic mass is 15.3. The van der Waals surface area contributed by atoms with Crippen LogP contribution in [0.25, 0.3) is 5.65 Å². The molecule has 0 saturated carbocycles. The summed E-state index contributed by atoms with van der Waals surface area (Å²) in [7, 11) is 0. The molecule has 0 bridgehead atoms. The normalized spacial score (nSPS) is 18.3. The van der Waals surface area contributed by atoms with Crippen LogP contribution in [0, 0.1) is 0 Å². The van der Waals surface area contributed by atoms with E-state index < -0.39 is 0 Å². The summed E-state index contributed by atoms with van der Waals surface area (Å²) in [5, 5.41) is 4.19. The van der Waals surface area contributed by atoms with Crippen molar-refractivity contribution in [3.05, 3.63) is 24.5 Å². The summed E-state index contributed by atoms with van der Waals surface area (Å²) in [6.45, 7) is 7.26. The fraction of sp³-hybridized carbons (Fsp3) is 0.600. The van der Waals surface area contributed by atoms with E-state index in [9.17, 15) is 0 Å². The van der Waals surface area contributed by atoms with Gasteiger partial charge in [-0.25, -0.2) is 9.50 Å². The fourth-order valence-corrected chi connectivity index (χ4v) is 3.13. The highest BCUT2D eigenvalue weighted by Crippen LogP contribution is 2.17. The fourth-order valence-electron chi connectivity index (χ4n) is 3.13. The zero-order valence-corrected chi connectivity index (χ0v) is 12.6. The maximum Gasteiger partial charge on any atom is 0.157 e. The topological polar surface area (TPSA) is 62.7 Å². The molecule has 6 nitrogen and oxygen atoms in total. The van der Waals surface area contributed by atoms with Crippen molar-refractivity contribution in [3.63, 3.8) is 0 Å². The van der Waals surface area contributed by atoms with Crippen LogP contribution >= 0.6 is 0 Å². The van der Waals surface area contributed by atoms with E-state index >= 15 is 0 Å². The van der Waals surface area contributed by atoms with E-state index in [2.05, 4.69) is 26.8 Å². The van der Waals surface area contributed by atoms with Gasteiger partial charge in [0.1, 0.15) is 5.82 Å². The molecule has 2 N–H and O–H groups in total. The van der Waals surface area contributed by atoms with Gasteiger partial charge in [-0.1, -0.05) is 6.92 Å². The molecule has 3 heterocycles. The van der Waals surface area contributed by atoms with Crippen LogP contribution in [0.5, 0.6) is 0 Å². The molecule has 2 aromatic rings. The predicted molar refractivity (Wildman–Crippen MR) is 84.5 cm³/mol. The third-order valence-electron chi connectivity index (χ3n) is 4.37. The lowest BCUT2D eigenvalue weighted by Gasteiger charge is -2.39. The third-order valence-corrected chi connectivity index (χ3v) is 4.37. The van der Waals surface area contributed by atoms with E-state index in [0.717, 1.165) is 50.6 Å². The lowest BCUT2D eigenvalue weighted by Crippen LogP contribution is -2.50. The molecule has 1 saturated heterocycles. The number of anilines is 1. The molecule has 1 fully saturated rings. The molecule has 0 aromatic carbocycles. The van der Waals surface area contributed by atoms with Crippen molar-refractivity contribution in [1.29, 1.82) is 0 Å². The number of rotatable bonds is 5. The lowest BCUT2D eigenvalue weighted by atomic mass is 10.1. The SMILES string of the molecule is CCC(CCN)N1CCN(c2ccn3nccc3n2)CC1. The first-order valence-electron chi connectivity index (χ1n) is 7.81. The number of fused-ring (bicyclic) bond motifs is 1. The van der Waals surface area contributed by atoms with E-state index in [1.807, 2.05) is 18.3 Å². The van der Waals surface area contributed by atoms with Crippen LogP contribution in [0.4, 0.5) is 5.82 Å². The van der Waals surface area contributed by atoms with Crippen molar-refractivity contribution < 1.29 is 0 Å². The number of hydrogen-bond donors (Lipinski definition) is 1. The largest absolute Gasteiger partial charge is 0.354 e. The Hall–Kier alpha value is -1.66. The summed E-state index contributed by atoms with van der Waals surface area (Å²) >= 11 is 0. The molecule has 1 aliphatic heterocycles. The Morgan fingerprint density at radius 1 is 1.24 bits per heavy atom. The highest BCUT2D eigenvalue weighted by molar-refractivity contribution is 5.47. The minimum atomic E-state index is 0.627. The van der Waals surface area contributed by atoms with Gasteiger partial charge in [-0.2, -0.15) is 5.10 Å². The van der Waals surface area contributed by atoms with E-state index in [0.29, 0.717) is 6.04 Å². The first kappa shape index (κ1) is 14.3. The van der Waals surface area contributed by atoms with Gasteiger partial charge in [0.15, 0.2) is 5.65 Å². The minimum Gasteiger partial charge on any atom is -0.354 e. The van der Waals surface area contributed by atoms with Crippen molar-refractivity contribution >= 4 is 11.5 Å². The van der Waals surface area contributed by atoms with Crippen LogP contribution in [-0.2, 0) is 0 Å². The molecule has 3 rings (SSSR count). The van der Waals surface area contributed by atoms with Gasteiger partial charge in [0.25, 0.3) is 0 Å². The monoisotopic (exact) mass is 288 g/mol. The number of nitrogens with zero attached hydrogens (tertiary/aromatic N) is 5. The molecule has 2 aromatic heterocycles. The maximum absolute atomic E-state index is 5.72. The van der Waals surface area contributed by atoms with Gasteiger partial charge in [0.05, 0.1) is 6.20 Å². The van der Waals surface area contributed by atoms with Crippen molar-refractivity contribution in [2.75, 3.05) is 37.6 Å². The van der Waals surface area contributed by atoms with E-state index in [1.165, 1.54) is 6.42 Å². The summed E-state index contributed by atoms with van der Waals surface area (Å²) in [6, 6.07) is 4.61. The van der Waals surface area contributed by atoms with Crippen molar-refractivity contribution in [1.82, 2.24) is 19.5 Å². The average Bonchev–Trinajstić information content (AvgIpc) is 3.00. The van der Waals surface area contributed by atoms with E-state index in [-0.39, 0.29) is 0 Å². The standard InChI is InChI=1S/C15H24N6/c1-2-13(3-6-16)19-9-11-20(12-10-19)14-5-8-21-15(18-14)4-7-17-21/h4-5,7-8,13H,2-3,6,9-12,16H2,1H3. The molecule has 21 heavy (non-hydrogen) atoms. The molecule has 0 radical (unpaired) electrons. The Morgan fingerprint density at radius 2 is 2.05 bits per heavy atom. The smallest absolute Gasteiger partial charge is 0.157 e. The Bertz CT molecular complexity index is 572. The second-order valence-corrected chi connectivity index (χ2v) is 5.58. The van der Waals surface area contributed by atoms with Gasteiger partial charge in [0, 0.05) is 44.5 Å². The van der Waals surface area contributed by atoms with E-state index in [4.69, 9.17) is 5.73 Å². The molecule has 1 atom stereocenters. The molecule has 6 heteroatoms. The zero-order valence-electron chi connectivity index (χ0n) is 12.6. The highest BCUT2D eigenvalue weighted by Gasteiger charge is 2.23. The van der Waals surface area contributed by atoms with Gasteiger partial charge in [-0.3, -0.25) is 4.90 Å². The van der Waals surface area contributed by atoms with Crippen LogP contribution in [0.1, 0.15) is 19.8 Å². The van der Waals surface area contributed by atoms with Gasteiger partial charge in [-0.15, -0.1) is 0 Å².